The number of ether oxygens (including phenoxy) is 1. The van der Waals surface area contributed by atoms with Crippen molar-refractivity contribution >= 4 is 21.4 Å². The molecule has 1 saturated heterocycles. The lowest BCUT2D eigenvalue weighted by Gasteiger charge is -2.34. The highest BCUT2D eigenvalue weighted by Gasteiger charge is 2.21. The number of nitrogen functional groups attached to an aromatic ring is 1. The summed E-state index contributed by atoms with van der Waals surface area (Å²) >= 11 is 0. The van der Waals surface area contributed by atoms with Crippen molar-refractivity contribution < 1.29 is 13.2 Å². The molecule has 1 unspecified atom stereocenters. The Morgan fingerprint density at radius 1 is 1.40 bits per heavy atom. The number of primary sulfonamides is 1. The van der Waals surface area contributed by atoms with Gasteiger partial charge in [0.05, 0.1) is 11.5 Å². The van der Waals surface area contributed by atoms with E-state index in [4.69, 9.17) is 15.6 Å². The molecule has 1 aromatic rings. The standard InChI is InChI=1S/C13H21N3O3S/c1-19-9-10-3-2-4-16(8-10)12-5-11(14)6-13(7-12)20(15,17)18/h5-7,10H,2-4,8-9,14H2,1H3,(H2,15,17,18). The van der Waals surface area contributed by atoms with Crippen molar-refractivity contribution in [2.75, 3.05) is 37.4 Å². The molecular formula is C13H21N3O3S. The molecule has 4 N–H and O–H groups in total. The van der Waals surface area contributed by atoms with Gasteiger partial charge in [-0.05, 0) is 37.0 Å². The number of piperidine rings is 1. The van der Waals surface area contributed by atoms with Crippen LogP contribution in [0.25, 0.3) is 0 Å². The smallest absolute Gasteiger partial charge is 0.238 e. The third-order valence-electron chi connectivity index (χ3n) is 3.53. The molecule has 112 valence electrons. The van der Waals surface area contributed by atoms with E-state index in [9.17, 15) is 8.42 Å². The molecule has 2 rings (SSSR count). The Morgan fingerprint density at radius 3 is 2.80 bits per heavy atom. The van der Waals surface area contributed by atoms with Crippen molar-refractivity contribution in [2.24, 2.45) is 11.1 Å². The van der Waals surface area contributed by atoms with Crippen molar-refractivity contribution in [3.8, 4) is 0 Å². The Morgan fingerprint density at radius 2 is 2.15 bits per heavy atom. The summed E-state index contributed by atoms with van der Waals surface area (Å²) in [5.41, 5.74) is 6.99. The van der Waals surface area contributed by atoms with Gasteiger partial charge in [-0.25, -0.2) is 13.6 Å². The van der Waals surface area contributed by atoms with Crippen molar-refractivity contribution in [1.82, 2.24) is 0 Å². The van der Waals surface area contributed by atoms with Crippen LogP contribution in [-0.2, 0) is 14.8 Å². The average molecular weight is 299 g/mol. The van der Waals surface area contributed by atoms with E-state index in [1.807, 2.05) is 0 Å². The van der Waals surface area contributed by atoms with E-state index in [0.29, 0.717) is 18.2 Å². The van der Waals surface area contributed by atoms with E-state index in [-0.39, 0.29) is 4.90 Å². The first-order chi connectivity index (χ1) is 9.40. The van der Waals surface area contributed by atoms with Gasteiger partial charge in [0.1, 0.15) is 0 Å². The van der Waals surface area contributed by atoms with Crippen molar-refractivity contribution in [1.29, 1.82) is 0 Å². The van der Waals surface area contributed by atoms with Crippen molar-refractivity contribution in [3.05, 3.63) is 18.2 Å². The zero-order chi connectivity index (χ0) is 14.8. The summed E-state index contributed by atoms with van der Waals surface area (Å²) in [5.74, 6) is 0.452. The number of hydrogen-bond donors (Lipinski definition) is 2. The van der Waals surface area contributed by atoms with E-state index in [2.05, 4.69) is 4.90 Å². The van der Waals surface area contributed by atoms with E-state index in [1.54, 1.807) is 19.2 Å². The number of methoxy groups -OCH3 is 1. The monoisotopic (exact) mass is 299 g/mol. The van der Waals surface area contributed by atoms with Gasteiger partial charge in [0.15, 0.2) is 0 Å². The number of benzene rings is 1. The fraction of sp³-hybridized carbons (Fsp3) is 0.538. The molecule has 0 radical (unpaired) electrons. The summed E-state index contributed by atoms with van der Waals surface area (Å²) < 4.78 is 28.1. The molecule has 7 heteroatoms. The maximum Gasteiger partial charge on any atom is 0.238 e. The van der Waals surface area contributed by atoms with Gasteiger partial charge in [-0.3, -0.25) is 0 Å². The number of sulfonamides is 1. The third kappa shape index (κ3) is 3.62. The van der Waals surface area contributed by atoms with Gasteiger partial charge >= 0.3 is 0 Å². The van der Waals surface area contributed by atoms with E-state index < -0.39 is 10.0 Å². The molecule has 1 aromatic carbocycles. The van der Waals surface area contributed by atoms with Crippen LogP contribution < -0.4 is 15.8 Å². The van der Waals surface area contributed by atoms with Crippen LogP contribution in [0.2, 0.25) is 0 Å². The Hall–Kier alpha value is -1.31. The third-order valence-corrected chi connectivity index (χ3v) is 4.42. The number of nitrogens with two attached hydrogens (primary N) is 2. The maximum atomic E-state index is 11.5. The first-order valence-corrected chi connectivity index (χ1v) is 8.12. The van der Waals surface area contributed by atoms with Crippen LogP contribution in [0.15, 0.2) is 23.1 Å². The molecule has 1 aliphatic rings. The summed E-state index contributed by atoms with van der Waals surface area (Å²) in [6.07, 6.45) is 2.17. The van der Waals surface area contributed by atoms with Crippen molar-refractivity contribution in [3.63, 3.8) is 0 Å². The zero-order valence-corrected chi connectivity index (χ0v) is 12.4. The van der Waals surface area contributed by atoms with Gasteiger partial charge in [-0.1, -0.05) is 0 Å². The SMILES string of the molecule is COCC1CCCN(c2cc(N)cc(S(N)(=O)=O)c2)C1. The van der Waals surface area contributed by atoms with E-state index in [0.717, 1.165) is 31.6 Å². The van der Waals surface area contributed by atoms with Crippen LogP contribution in [0.1, 0.15) is 12.8 Å². The number of nitrogens with zero attached hydrogens (tertiary/aromatic N) is 1. The van der Waals surface area contributed by atoms with Crippen LogP contribution in [0.5, 0.6) is 0 Å². The normalized spacial score (nSPS) is 20.1. The zero-order valence-electron chi connectivity index (χ0n) is 11.6. The van der Waals surface area contributed by atoms with Crippen LogP contribution in [-0.4, -0.2) is 35.2 Å². The predicted octanol–water partition coefficient (Wildman–Crippen LogP) is 0.779. The molecule has 0 amide bonds. The second-order valence-corrected chi connectivity index (χ2v) is 6.78. The minimum absolute atomic E-state index is 0.0568. The Kier molecular flexibility index (Phi) is 4.52. The second kappa shape index (κ2) is 5.99. The van der Waals surface area contributed by atoms with Crippen molar-refractivity contribution in [2.45, 2.75) is 17.7 Å². The fourth-order valence-corrected chi connectivity index (χ4v) is 3.21. The summed E-state index contributed by atoms with van der Waals surface area (Å²) in [5, 5.41) is 5.18. The van der Waals surface area contributed by atoms with Crippen LogP contribution in [0.4, 0.5) is 11.4 Å². The number of hydrogen-bond acceptors (Lipinski definition) is 5. The molecule has 1 fully saturated rings. The summed E-state index contributed by atoms with van der Waals surface area (Å²) in [6, 6.07) is 4.75. The second-order valence-electron chi connectivity index (χ2n) is 5.21. The highest BCUT2D eigenvalue weighted by Crippen LogP contribution is 2.27. The molecule has 20 heavy (non-hydrogen) atoms. The Balaban J connectivity index is 2.26. The summed E-state index contributed by atoms with van der Waals surface area (Å²) in [4.78, 5) is 2.19. The van der Waals surface area contributed by atoms with Crippen LogP contribution in [0, 0.1) is 5.92 Å². The molecule has 6 nitrogen and oxygen atoms in total. The molecule has 0 bridgehead atoms. The Bertz CT molecular complexity index is 572. The van der Waals surface area contributed by atoms with Gasteiger partial charge in [-0.2, -0.15) is 0 Å². The van der Waals surface area contributed by atoms with E-state index >= 15 is 0 Å². The summed E-state index contributed by atoms with van der Waals surface area (Å²) in [6.45, 7) is 2.43. The minimum atomic E-state index is -3.74. The molecule has 1 heterocycles. The van der Waals surface area contributed by atoms with Gasteiger partial charge in [0.2, 0.25) is 10.0 Å². The number of rotatable bonds is 4. The molecule has 1 aliphatic heterocycles. The lowest BCUT2D eigenvalue weighted by molar-refractivity contribution is 0.143. The Labute approximate surface area is 119 Å². The number of anilines is 2. The molecule has 0 aromatic heterocycles. The van der Waals surface area contributed by atoms with Crippen LogP contribution in [0.3, 0.4) is 0 Å². The first-order valence-electron chi connectivity index (χ1n) is 6.57. The minimum Gasteiger partial charge on any atom is -0.399 e. The lowest BCUT2D eigenvalue weighted by atomic mass is 9.98. The van der Waals surface area contributed by atoms with E-state index in [1.165, 1.54) is 6.07 Å². The largest absolute Gasteiger partial charge is 0.399 e. The highest BCUT2D eigenvalue weighted by molar-refractivity contribution is 7.89. The maximum absolute atomic E-state index is 11.5. The van der Waals surface area contributed by atoms with Gasteiger partial charge < -0.3 is 15.4 Å². The molecule has 0 spiro atoms. The summed E-state index contributed by atoms with van der Waals surface area (Å²) in [7, 11) is -2.05. The topological polar surface area (TPSA) is 98.7 Å². The fourth-order valence-electron chi connectivity index (χ4n) is 2.62. The quantitative estimate of drug-likeness (QED) is 0.800. The average Bonchev–Trinajstić information content (AvgIpc) is 2.38. The lowest BCUT2D eigenvalue weighted by Crippen LogP contribution is -2.37. The van der Waals surface area contributed by atoms with Crippen LogP contribution >= 0.6 is 0 Å². The van der Waals surface area contributed by atoms with Gasteiger partial charge in [0.25, 0.3) is 0 Å². The predicted molar refractivity (Wildman–Crippen MR) is 79.0 cm³/mol. The van der Waals surface area contributed by atoms with Gasteiger partial charge in [0, 0.05) is 31.6 Å². The molecular weight excluding hydrogens is 278 g/mol. The molecule has 0 aliphatic carbocycles. The van der Waals surface area contributed by atoms with Gasteiger partial charge in [-0.15, -0.1) is 0 Å². The molecule has 0 saturated carbocycles. The molecule has 1 atom stereocenters. The first kappa shape index (κ1) is 15.1. The highest BCUT2D eigenvalue weighted by atomic mass is 32.2.